The number of rotatable bonds is 13. The van der Waals surface area contributed by atoms with Crippen LogP contribution in [0.15, 0.2) is 122 Å². The minimum absolute atomic E-state index is 0. The fraction of sp³-hybridized carbons (Fsp3) is 0.217. The molecule has 11 rings (SSSR count). The number of aromatic nitrogens is 3. The van der Waals surface area contributed by atoms with E-state index in [1.807, 2.05) is 119 Å². The van der Waals surface area contributed by atoms with Crippen molar-refractivity contribution < 1.29 is 56.5 Å². The van der Waals surface area contributed by atoms with Crippen molar-refractivity contribution in [3.05, 3.63) is 155 Å². The molecule has 0 saturated carbocycles. The quantitative estimate of drug-likeness (QED) is 0.0273. The first kappa shape index (κ1) is 50.3. The first-order valence-corrected chi connectivity index (χ1v) is 24.3. The molecule has 2 aliphatic rings. The molecule has 73 heavy (non-hydrogen) atoms. The molecule has 0 unspecified atom stereocenters. The minimum Gasteiger partial charge on any atom is -0.490 e. The number of carbonyl (C=O) groups is 4. The van der Waals surface area contributed by atoms with E-state index in [0.29, 0.717) is 97.0 Å². The van der Waals surface area contributed by atoms with Crippen molar-refractivity contribution in [2.75, 3.05) is 20.3 Å². The first-order valence-electron chi connectivity index (χ1n) is 24.3. The van der Waals surface area contributed by atoms with E-state index in [4.69, 9.17) is 14.5 Å². The number of hydrogen-bond acceptors (Lipinski definition) is 9. The number of carbonyl (C=O) groups excluding carboxylic acids is 4. The largest absolute Gasteiger partial charge is 0.490 e. The van der Waals surface area contributed by atoms with E-state index in [9.17, 15) is 19.2 Å². The van der Waals surface area contributed by atoms with Crippen molar-refractivity contribution in [3.8, 4) is 51.5 Å². The van der Waals surface area contributed by atoms with Gasteiger partial charge >= 0.3 is 0 Å². The first-order chi connectivity index (χ1) is 34.7. The van der Waals surface area contributed by atoms with Gasteiger partial charge in [0.25, 0.3) is 23.6 Å². The Morgan fingerprint density at radius 3 is 1.52 bits per heavy atom. The van der Waals surface area contributed by atoms with Crippen LogP contribution in [-0.4, -0.2) is 86.3 Å². The monoisotopic (exact) mass is 1060 g/mol. The van der Waals surface area contributed by atoms with Gasteiger partial charge in [-0.1, -0.05) is 75.9 Å². The van der Waals surface area contributed by atoms with Crippen LogP contribution < -0.4 is 4.74 Å². The maximum absolute atomic E-state index is 14.9. The van der Waals surface area contributed by atoms with Crippen LogP contribution in [0.25, 0.3) is 77.0 Å². The van der Waals surface area contributed by atoms with Crippen molar-refractivity contribution in [2.45, 2.75) is 65.5 Å². The number of methoxy groups -OCH3 is 1. The average molecular weight is 1060 g/mol. The number of pyridine rings is 3. The summed E-state index contributed by atoms with van der Waals surface area (Å²) in [7, 11) is 1.60. The third kappa shape index (κ3) is 8.24. The van der Waals surface area contributed by atoms with Crippen molar-refractivity contribution in [1.82, 2.24) is 24.8 Å². The van der Waals surface area contributed by atoms with Crippen LogP contribution in [-0.2, 0) is 27.1 Å². The van der Waals surface area contributed by atoms with Gasteiger partial charge in [0, 0.05) is 114 Å². The number of hydrogen-bond donors (Lipinski definition) is 0. The van der Waals surface area contributed by atoms with Crippen molar-refractivity contribution in [1.29, 1.82) is 0 Å². The van der Waals surface area contributed by atoms with Crippen LogP contribution in [0, 0.1) is 11.8 Å². The molecule has 3 aromatic heterocycles. The van der Waals surface area contributed by atoms with Gasteiger partial charge in [0.1, 0.15) is 12.4 Å². The number of fused-ring (bicyclic) bond motifs is 2. The number of nitrogens with zero attached hydrogens (tertiary/aromatic N) is 5. The summed E-state index contributed by atoms with van der Waals surface area (Å²) in [4.78, 5) is 75.6. The molecule has 0 atom stereocenters. The number of benzene rings is 6. The number of imide groups is 2. The van der Waals surface area contributed by atoms with Crippen LogP contribution in [0.2, 0.25) is 0 Å². The summed E-state index contributed by atoms with van der Waals surface area (Å²) in [6.07, 6.45) is 5.93. The van der Waals surface area contributed by atoms with Gasteiger partial charge in [-0.15, -0.1) is 0 Å². The maximum Gasteiger partial charge on any atom is 0.261 e. The van der Waals surface area contributed by atoms with Gasteiger partial charge < -0.3 is 14.9 Å². The molecule has 6 aromatic carbocycles. The van der Waals surface area contributed by atoms with E-state index in [0.717, 1.165) is 44.9 Å². The molecule has 0 fully saturated rings. The van der Waals surface area contributed by atoms with Crippen LogP contribution in [0.4, 0.5) is 0 Å². The van der Waals surface area contributed by atoms with Crippen molar-refractivity contribution >= 4 is 66.7 Å². The second-order valence-electron chi connectivity index (χ2n) is 18.1. The maximum atomic E-state index is 14.9. The Balaban J connectivity index is 0.00000328. The van der Waals surface area contributed by atoms with E-state index in [1.165, 1.54) is 9.80 Å². The average Bonchev–Trinajstić information content (AvgIpc) is 3.41. The third-order valence-electron chi connectivity index (χ3n) is 14.3. The minimum atomic E-state index is -0.374. The Kier molecular flexibility index (Phi) is 14.1. The van der Waals surface area contributed by atoms with Gasteiger partial charge in [-0.25, -0.2) is 4.98 Å². The molecule has 2 aliphatic heterocycles. The third-order valence-corrected chi connectivity index (χ3v) is 14.3. The van der Waals surface area contributed by atoms with Crippen LogP contribution in [0.5, 0.6) is 5.75 Å². The van der Waals surface area contributed by atoms with Crippen LogP contribution >= 0.6 is 0 Å². The Bertz CT molecular complexity index is 3660. The van der Waals surface area contributed by atoms with Gasteiger partial charge in [-0.05, 0) is 120 Å². The SMILES string of the molecule is CCC(CC)N1C(=O)c2ccc3c4c(OCCOC)cc5c6c(ccc(c7c(C#Cc8ccc(-c9cc(-c%10ccccn%10)nc(-c%10ccccn%10)c9)cc8)cc(c2c37)C1=O)c64)C(=O)N(C(CC)CC)C5=O.O.[Ag]. The predicted octanol–water partition coefficient (Wildman–Crippen LogP) is 11.1. The van der Waals surface area contributed by atoms with E-state index in [-0.39, 0.29) is 76.8 Å². The summed E-state index contributed by atoms with van der Waals surface area (Å²) < 4.78 is 11.9. The van der Waals surface area contributed by atoms with Gasteiger partial charge in [-0.3, -0.25) is 38.9 Å². The molecule has 12 nitrogen and oxygen atoms in total. The Labute approximate surface area is 437 Å². The van der Waals surface area contributed by atoms with E-state index in [1.54, 1.807) is 37.7 Å². The van der Waals surface area contributed by atoms with Crippen molar-refractivity contribution in [2.24, 2.45) is 0 Å². The second-order valence-corrected chi connectivity index (χ2v) is 18.1. The topological polar surface area (TPSA) is 163 Å². The molecule has 0 spiro atoms. The summed E-state index contributed by atoms with van der Waals surface area (Å²) in [6, 6.07) is 33.9. The molecular formula is C60H51AgN5O7. The fourth-order valence-corrected chi connectivity index (χ4v) is 10.8. The summed E-state index contributed by atoms with van der Waals surface area (Å²) >= 11 is 0. The van der Waals surface area contributed by atoms with Crippen molar-refractivity contribution in [3.63, 3.8) is 0 Å². The van der Waals surface area contributed by atoms with Gasteiger partial charge in [0.15, 0.2) is 0 Å². The standard InChI is InChI=1S/C60H49N5O6.Ag.H2O/c1-6-38(7-2)64-57(66)42-25-23-41-54-50(71-29-28-70-5)33-45-53-43(58(67)65(60(45)69)39(8-3)9-4)24-22-40(56(53)54)51-36(30-44(59(64)68)52(42)55(41)51)21-18-34-16-19-35(20-17-34)37-31-48(46-14-10-12-26-61-46)63-49(32-37)47-15-11-13-27-62-47;;/h10-17,19-20,22-27,30-33,38-39H,6-9,28-29H2,1-5H3;;1H2. The predicted molar refractivity (Wildman–Crippen MR) is 280 cm³/mol. The Morgan fingerprint density at radius 2 is 1.01 bits per heavy atom. The van der Waals surface area contributed by atoms with E-state index < -0.39 is 0 Å². The van der Waals surface area contributed by atoms with Gasteiger partial charge in [0.2, 0.25) is 0 Å². The molecule has 4 amide bonds. The fourth-order valence-electron chi connectivity index (χ4n) is 10.8. The Morgan fingerprint density at radius 1 is 0.507 bits per heavy atom. The zero-order valence-electron chi connectivity index (χ0n) is 40.9. The summed E-state index contributed by atoms with van der Waals surface area (Å²) in [5, 5.41) is 5.28. The molecule has 13 heteroatoms. The normalized spacial score (nSPS) is 13.1. The van der Waals surface area contributed by atoms with Gasteiger partial charge in [0.05, 0.1) is 34.9 Å². The van der Waals surface area contributed by atoms with E-state index >= 15 is 0 Å². The molecule has 2 N–H and O–H groups in total. The molecule has 0 saturated heterocycles. The molecule has 369 valence electrons. The molecule has 0 aliphatic carbocycles. The smallest absolute Gasteiger partial charge is 0.261 e. The molecule has 1 radical (unpaired) electrons. The number of amides is 4. The molecular weight excluding hydrogens is 1010 g/mol. The zero-order chi connectivity index (χ0) is 49.1. The van der Waals surface area contributed by atoms with Crippen LogP contribution in [0.3, 0.4) is 0 Å². The van der Waals surface area contributed by atoms with Gasteiger partial charge in [-0.2, -0.15) is 0 Å². The molecule has 5 heterocycles. The number of ether oxygens (including phenoxy) is 2. The summed E-state index contributed by atoms with van der Waals surface area (Å²) in [5.41, 5.74) is 7.71. The second kappa shape index (κ2) is 20.5. The van der Waals surface area contributed by atoms with E-state index in [2.05, 4.69) is 21.8 Å². The Hall–Kier alpha value is -7.63. The summed E-state index contributed by atoms with van der Waals surface area (Å²) in [5.74, 6) is 5.94. The zero-order valence-corrected chi connectivity index (χ0v) is 42.4. The molecule has 0 bridgehead atoms. The van der Waals surface area contributed by atoms with Crippen LogP contribution in [0.1, 0.15) is 106 Å². The molecule has 9 aromatic rings. The summed E-state index contributed by atoms with van der Waals surface area (Å²) in [6.45, 7) is 8.41.